The van der Waals surface area contributed by atoms with Gasteiger partial charge in [0.15, 0.2) is 11.6 Å². The Hall–Kier alpha value is -1.96. The Balaban J connectivity index is 2.23. The molecular formula is C22H30O6Si. The third-order valence-corrected chi connectivity index (χ3v) is 6.33. The largest absolute Gasteiger partial charge is 0.545 e. The molecule has 0 unspecified atom stereocenters. The van der Waals surface area contributed by atoms with Gasteiger partial charge in [-0.15, -0.1) is 0 Å². The minimum atomic E-state index is -2.00. The van der Waals surface area contributed by atoms with Gasteiger partial charge in [0.05, 0.1) is 30.6 Å². The number of benzene rings is 1. The summed E-state index contributed by atoms with van der Waals surface area (Å²) in [5, 5.41) is 0. The summed E-state index contributed by atoms with van der Waals surface area (Å²) < 4.78 is 23.6. The van der Waals surface area contributed by atoms with Gasteiger partial charge >= 0.3 is 0 Å². The molecule has 0 saturated heterocycles. The van der Waals surface area contributed by atoms with Gasteiger partial charge in [0.25, 0.3) is 0 Å². The van der Waals surface area contributed by atoms with Crippen LogP contribution in [0.15, 0.2) is 29.5 Å². The third kappa shape index (κ3) is 3.67. The second-order valence-electron chi connectivity index (χ2n) is 8.46. The number of fused-ring (bicyclic) bond motifs is 2. The van der Waals surface area contributed by atoms with Crippen LogP contribution < -0.4 is 4.74 Å². The Morgan fingerprint density at radius 3 is 2.21 bits per heavy atom. The van der Waals surface area contributed by atoms with E-state index >= 15 is 0 Å². The van der Waals surface area contributed by atoms with Crippen LogP contribution in [0.2, 0.25) is 19.6 Å². The highest BCUT2D eigenvalue weighted by molar-refractivity contribution is 6.70. The number of carbonyl (C=O) groups is 2. The van der Waals surface area contributed by atoms with Crippen molar-refractivity contribution in [2.24, 2.45) is 11.8 Å². The van der Waals surface area contributed by atoms with Crippen LogP contribution in [0.25, 0.3) is 0 Å². The van der Waals surface area contributed by atoms with E-state index in [9.17, 15) is 9.59 Å². The first kappa shape index (κ1) is 21.7. The van der Waals surface area contributed by atoms with Gasteiger partial charge in [-0.05, 0) is 45.1 Å². The molecule has 7 heteroatoms. The van der Waals surface area contributed by atoms with Gasteiger partial charge in [-0.3, -0.25) is 9.59 Å². The molecule has 158 valence electrons. The molecule has 0 bridgehead atoms. The van der Waals surface area contributed by atoms with Crippen LogP contribution in [-0.4, -0.2) is 52.9 Å². The number of ketones is 2. The molecule has 1 aromatic carbocycles. The lowest BCUT2D eigenvalue weighted by atomic mass is 9.64. The van der Waals surface area contributed by atoms with Crippen molar-refractivity contribution in [3.63, 3.8) is 0 Å². The maximum atomic E-state index is 13.7. The molecule has 0 spiro atoms. The number of Topliss-reactive ketones (excluding diaryl/α,β-unsaturated/α-hetero) is 2. The fraction of sp³-hybridized carbons (Fsp3) is 0.545. The molecule has 0 aliphatic heterocycles. The zero-order chi connectivity index (χ0) is 21.5. The van der Waals surface area contributed by atoms with Gasteiger partial charge < -0.3 is 18.6 Å². The molecule has 0 heterocycles. The Labute approximate surface area is 173 Å². The molecule has 0 radical (unpaired) electrons. The van der Waals surface area contributed by atoms with Gasteiger partial charge in [-0.1, -0.05) is 12.1 Å². The topological polar surface area (TPSA) is 71.1 Å². The maximum Gasteiger partial charge on any atom is 0.241 e. The van der Waals surface area contributed by atoms with Crippen molar-refractivity contribution in [2.75, 3.05) is 20.8 Å². The van der Waals surface area contributed by atoms with E-state index < -0.39 is 32.4 Å². The molecule has 2 aliphatic rings. The van der Waals surface area contributed by atoms with Crippen LogP contribution in [0.4, 0.5) is 0 Å². The molecular weight excluding hydrogens is 388 g/mol. The average molecular weight is 419 g/mol. The first-order chi connectivity index (χ1) is 13.7. The molecule has 6 nitrogen and oxygen atoms in total. The molecule has 29 heavy (non-hydrogen) atoms. The Kier molecular flexibility index (Phi) is 6.03. The van der Waals surface area contributed by atoms with E-state index in [0.717, 1.165) is 5.57 Å². The number of ether oxygens (including phenoxy) is 3. The monoisotopic (exact) mass is 418 g/mol. The molecule has 1 aromatic rings. The summed E-state index contributed by atoms with van der Waals surface area (Å²) in [6.45, 7) is 10.5. The average Bonchev–Trinajstić information content (AvgIpc) is 2.67. The van der Waals surface area contributed by atoms with E-state index in [1.54, 1.807) is 25.3 Å². The summed E-state index contributed by atoms with van der Waals surface area (Å²) in [5.74, 6) is -0.617. The lowest BCUT2D eigenvalue weighted by molar-refractivity contribution is -0.0343. The van der Waals surface area contributed by atoms with Gasteiger partial charge in [0, 0.05) is 19.3 Å². The molecule has 2 aliphatic carbocycles. The highest BCUT2D eigenvalue weighted by atomic mass is 28.4. The normalized spacial score (nSPS) is 26.9. The summed E-state index contributed by atoms with van der Waals surface area (Å²) in [4.78, 5) is 27.2. The predicted octanol–water partition coefficient (Wildman–Crippen LogP) is 3.87. The van der Waals surface area contributed by atoms with Crippen molar-refractivity contribution in [1.82, 2.24) is 0 Å². The SMILES string of the molecule is CCO[C@@H]1C(C)=C(O[Si](C)(C)C)[C@H](OC)[C@@H]2C(=O)c3c(OC)cccc3C(=O)[C@@H]21. The molecule has 0 fully saturated rings. The van der Waals surface area contributed by atoms with Crippen LogP contribution in [0.3, 0.4) is 0 Å². The Morgan fingerprint density at radius 1 is 1.00 bits per heavy atom. The van der Waals surface area contributed by atoms with Crippen molar-refractivity contribution < 1.29 is 28.2 Å². The molecule has 0 N–H and O–H groups in total. The van der Waals surface area contributed by atoms with Gasteiger partial charge in [-0.2, -0.15) is 0 Å². The minimum Gasteiger partial charge on any atom is -0.545 e. The first-order valence-corrected chi connectivity index (χ1v) is 13.4. The van der Waals surface area contributed by atoms with Crippen LogP contribution in [0.1, 0.15) is 34.6 Å². The van der Waals surface area contributed by atoms with Crippen molar-refractivity contribution in [3.8, 4) is 5.75 Å². The minimum absolute atomic E-state index is 0.115. The fourth-order valence-electron chi connectivity index (χ4n) is 4.41. The standard InChI is InChI=1S/C22H30O6Si/c1-8-27-20-12(2)21(28-29(5,6)7)22(26-4)17-16(20)18(23)13-10-9-11-14(25-3)15(13)19(17)24/h9-11,16-17,20,22H,8H2,1-7H3/t16-,17+,20-,22-/m1/s1. The Bertz CT molecular complexity index is 853. The Morgan fingerprint density at radius 2 is 1.66 bits per heavy atom. The second kappa shape index (κ2) is 8.05. The summed E-state index contributed by atoms with van der Waals surface area (Å²) in [6, 6.07) is 5.12. The fourth-order valence-corrected chi connectivity index (χ4v) is 5.35. The summed E-state index contributed by atoms with van der Waals surface area (Å²) in [6.07, 6.45) is -1.17. The van der Waals surface area contributed by atoms with Crippen molar-refractivity contribution in [1.29, 1.82) is 0 Å². The molecule has 0 saturated carbocycles. The summed E-state index contributed by atoms with van der Waals surface area (Å²) in [5.41, 5.74) is 1.54. The van der Waals surface area contributed by atoms with E-state index in [2.05, 4.69) is 19.6 Å². The smallest absolute Gasteiger partial charge is 0.241 e. The summed E-state index contributed by atoms with van der Waals surface area (Å²) in [7, 11) is 1.06. The summed E-state index contributed by atoms with van der Waals surface area (Å²) >= 11 is 0. The number of methoxy groups -OCH3 is 2. The molecule has 3 rings (SSSR count). The number of hydrogen-bond donors (Lipinski definition) is 0. The van der Waals surface area contributed by atoms with E-state index in [0.29, 0.717) is 29.2 Å². The van der Waals surface area contributed by atoms with Gasteiger partial charge in [0.1, 0.15) is 17.6 Å². The van der Waals surface area contributed by atoms with E-state index in [4.69, 9.17) is 18.6 Å². The van der Waals surface area contributed by atoms with Gasteiger partial charge in [-0.25, -0.2) is 0 Å². The molecule has 4 atom stereocenters. The zero-order valence-electron chi connectivity index (χ0n) is 18.2. The van der Waals surface area contributed by atoms with Crippen LogP contribution in [-0.2, 0) is 13.9 Å². The lowest BCUT2D eigenvalue weighted by Gasteiger charge is -2.45. The number of carbonyl (C=O) groups excluding carboxylic acids is 2. The van der Waals surface area contributed by atoms with Crippen molar-refractivity contribution in [2.45, 2.75) is 45.7 Å². The van der Waals surface area contributed by atoms with Crippen LogP contribution in [0.5, 0.6) is 5.75 Å². The van der Waals surface area contributed by atoms with E-state index in [1.165, 1.54) is 7.11 Å². The van der Waals surface area contributed by atoms with Crippen LogP contribution >= 0.6 is 0 Å². The highest BCUT2D eigenvalue weighted by Crippen LogP contribution is 2.47. The second-order valence-corrected chi connectivity index (χ2v) is 12.9. The maximum absolute atomic E-state index is 13.7. The van der Waals surface area contributed by atoms with Crippen molar-refractivity contribution >= 4 is 19.9 Å². The molecule has 0 aromatic heterocycles. The zero-order valence-corrected chi connectivity index (χ0v) is 19.2. The quantitative estimate of drug-likeness (QED) is 0.653. The highest BCUT2D eigenvalue weighted by Gasteiger charge is 2.55. The molecule has 0 amide bonds. The predicted molar refractivity (Wildman–Crippen MR) is 112 cm³/mol. The first-order valence-electron chi connectivity index (χ1n) is 9.95. The van der Waals surface area contributed by atoms with Gasteiger partial charge in [0.2, 0.25) is 8.32 Å². The third-order valence-electron chi connectivity index (χ3n) is 5.49. The number of rotatable bonds is 6. The van der Waals surface area contributed by atoms with Crippen LogP contribution in [0, 0.1) is 11.8 Å². The van der Waals surface area contributed by atoms with E-state index in [1.807, 2.05) is 13.8 Å². The lowest BCUT2D eigenvalue weighted by Crippen LogP contribution is -2.55. The van der Waals surface area contributed by atoms with Crippen molar-refractivity contribution in [3.05, 3.63) is 40.7 Å². The van der Waals surface area contributed by atoms with E-state index in [-0.39, 0.29) is 11.6 Å². The number of hydrogen-bond acceptors (Lipinski definition) is 6.